The Kier molecular flexibility index (Phi) is 3.72. The lowest BCUT2D eigenvalue weighted by Crippen LogP contribution is -2.14. The van der Waals surface area contributed by atoms with Crippen LogP contribution in [0.3, 0.4) is 0 Å². The topological polar surface area (TPSA) is 68.6 Å². The minimum atomic E-state index is -1.16. The Morgan fingerprint density at radius 2 is 2.43 bits per heavy atom. The minimum absolute atomic E-state index is 0.220. The van der Waals surface area contributed by atoms with Gasteiger partial charge in [0.1, 0.15) is 0 Å². The summed E-state index contributed by atoms with van der Waals surface area (Å²) in [6.07, 6.45) is 1.49. The van der Waals surface area contributed by atoms with Crippen molar-refractivity contribution in [3.05, 3.63) is 35.0 Å². The fourth-order valence-corrected chi connectivity index (χ4v) is 0.977. The normalized spacial score (nSPS) is 11.8. The van der Waals surface area contributed by atoms with Crippen LogP contribution >= 0.6 is 0 Å². The van der Waals surface area contributed by atoms with Crippen LogP contribution in [0.5, 0.6) is 0 Å². The van der Waals surface area contributed by atoms with Crippen molar-refractivity contribution in [1.29, 1.82) is 0 Å². The van der Waals surface area contributed by atoms with Crippen molar-refractivity contribution in [2.24, 2.45) is 5.18 Å². The zero-order chi connectivity index (χ0) is 10.4. The van der Waals surface area contributed by atoms with E-state index in [-0.39, 0.29) is 6.61 Å². The van der Waals surface area contributed by atoms with Gasteiger partial charge in [-0.1, -0.05) is 6.07 Å². The van der Waals surface area contributed by atoms with Crippen LogP contribution in [-0.4, -0.2) is 17.6 Å². The van der Waals surface area contributed by atoms with E-state index in [1.54, 1.807) is 25.1 Å². The molecule has 1 rings (SSSR count). The van der Waals surface area contributed by atoms with E-state index in [4.69, 9.17) is 0 Å². The molecule has 0 aliphatic rings. The fraction of sp³-hybridized carbons (Fsp3) is 0.333. The molecule has 0 aliphatic heterocycles. The zero-order valence-corrected chi connectivity index (χ0v) is 7.71. The number of carbonyl (C=O) groups excluding carboxylic acids is 1. The molecule has 0 radical (unpaired) electrons. The van der Waals surface area contributed by atoms with Gasteiger partial charge in [0, 0.05) is 6.20 Å². The fourth-order valence-electron chi connectivity index (χ4n) is 0.977. The Labute approximate surface area is 81.1 Å². The molecule has 0 aromatic carbocycles. The predicted molar refractivity (Wildman–Crippen MR) is 49.4 cm³/mol. The molecular formula is C9H10N2O3. The SMILES string of the molecule is CCOC(=O)C(N=O)c1ccccn1. The van der Waals surface area contributed by atoms with Gasteiger partial charge in [-0.25, -0.2) is 4.79 Å². The predicted octanol–water partition coefficient (Wildman–Crippen LogP) is 1.45. The van der Waals surface area contributed by atoms with Crippen LogP contribution in [0.1, 0.15) is 18.7 Å². The van der Waals surface area contributed by atoms with Gasteiger partial charge in [0.2, 0.25) is 6.04 Å². The number of ether oxygens (including phenoxy) is 1. The molecule has 0 amide bonds. The summed E-state index contributed by atoms with van der Waals surface area (Å²) in [6, 6.07) is 3.77. The number of pyridine rings is 1. The molecule has 14 heavy (non-hydrogen) atoms. The van der Waals surface area contributed by atoms with Gasteiger partial charge >= 0.3 is 5.97 Å². The largest absolute Gasteiger partial charge is 0.464 e. The molecule has 1 aromatic rings. The van der Waals surface area contributed by atoms with Crippen LogP contribution < -0.4 is 0 Å². The summed E-state index contributed by atoms with van der Waals surface area (Å²) in [4.78, 5) is 25.5. The van der Waals surface area contributed by atoms with E-state index < -0.39 is 12.0 Å². The van der Waals surface area contributed by atoms with Crippen LogP contribution in [0.4, 0.5) is 0 Å². The van der Waals surface area contributed by atoms with Crippen molar-refractivity contribution in [1.82, 2.24) is 4.98 Å². The Morgan fingerprint density at radius 3 is 2.93 bits per heavy atom. The van der Waals surface area contributed by atoms with Crippen molar-refractivity contribution in [3.63, 3.8) is 0 Å². The van der Waals surface area contributed by atoms with E-state index in [0.29, 0.717) is 5.69 Å². The first kappa shape index (κ1) is 10.3. The average molecular weight is 194 g/mol. The first-order chi connectivity index (χ1) is 6.79. The van der Waals surface area contributed by atoms with Gasteiger partial charge in [0.15, 0.2) is 0 Å². The maximum absolute atomic E-state index is 11.2. The molecule has 1 heterocycles. The highest BCUT2D eigenvalue weighted by molar-refractivity contribution is 5.77. The van der Waals surface area contributed by atoms with Crippen molar-refractivity contribution in [3.8, 4) is 0 Å². The third-order valence-electron chi connectivity index (χ3n) is 1.58. The highest BCUT2D eigenvalue weighted by Crippen LogP contribution is 2.15. The van der Waals surface area contributed by atoms with Gasteiger partial charge in [-0.15, -0.1) is 4.91 Å². The Hall–Kier alpha value is -1.78. The number of hydrogen-bond acceptors (Lipinski definition) is 5. The Balaban J connectivity index is 2.82. The summed E-state index contributed by atoms with van der Waals surface area (Å²) in [5, 5.41) is 2.69. The molecular weight excluding hydrogens is 184 g/mol. The zero-order valence-electron chi connectivity index (χ0n) is 7.71. The van der Waals surface area contributed by atoms with E-state index in [1.807, 2.05) is 0 Å². The highest BCUT2D eigenvalue weighted by Gasteiger charge is 2.23. The monoisotopic (exact) mass is 194 g/mol. The van der Waals surface area contributed by atoms with Gasteiger partial charge in [-0.05, 0) is 24.2 Å². The second-order valence-electron chi connectivity index (χ2n) is 2.51. The minimum Gasteiger partial charge on any atom is -0.464 e. The van der Waals surface area contributed by atoms with Gasteiger partial charge in [-0.2, -0.15) is 0 Å². The number of hydrogen-bond donors (Lipinski definition) is 0. The van der Waals surface area contributed by atoms with Crippen LogP contribution in [0, 0.1) is 4.91 Å². The number of esters is 1. The summed E-state index contributed by atoms with van der Waals surface area (Å²) in [6.45, 7) is 1.88. The second-order valence-corrected chi connectivity index (χ2v) is 2.51. The Morgan fingerprint density at radius 1 is 1.64 bits per heavy atom. The number of rotatable bonds is 4. The third-order valence-corrected chi connectivity index (χ3v) is 1.58. The van der Waals surface area contributed by atoms with Crippen LogP contribution in [-0.2, 0) is 9.53 Å². The molecule has 0 saturated carbocycles. The van der Waals surface area contributed by atoms with Crippen LogP contribution in [0.25, 0.3) is 0 Å². The summed E-state index contributed by atoms with van der Waals surface area (Å²) in [5.74, 6) is -0.666. The van der Waals surface area contributed by atoms with Gasteiger partial charge in [0.05, 0.1) is 12.3 Å². The lowest BCUT2D eigenvalue weighted by atomic mass is 10.2. The summed E-state index contributed by atoms with van der Waals surface area (Å²) >= 11 is 0. The average Bonchev–Trinajstić information content (AvgIpc) is 2.21. The van der Waals surface area contributed by atoms with Crippen molar-refractivity contribution < 1.29 is 9.53 Å². The number of aromatic nitrogens is 1. The third kappa shape index (κ3) is 2.35. The first-order valence-corrected chi connectivity index (χ1v) is 4.19. The van der Waals surface area contributed by atoms with Crippen molar-refractivity contribution >= 4 is 5.97 Å². The Bertz CT molecular complexity index is 313. The molecule has 1 unspecified atom stereocenters. The molecule has 74 valence electrons. The molecule has 0 fully saturated rings. The van der Waals surface area contributed by atoms with E-state index >= 15 is 0 Å². The molecule has 0 aliphatic carbocycles. The molecule has 0 saturated heterocycles. The summed E-state index contributed by atoms with van der Waals surface area (Å²) < 4.78 is 4.68. The van der Waals surface area contributed by atoms with Crippen molar-refractivity contribution in [2.75, 3.05) is 6.61 Å². The smallest absolute Gasteiger partial charge is 0.340 e. The standard InChI is InChI=1S/C9H10N2O3/c1-2-14-9(12)8(11-13)7-5-3-4-6-10-7/h3-6,8H,2H2,1H3. The summed E-state index contributed by atoms with van der Waals surface area (Å²) in [7, 11) is 0. The highest BCUT2D eigenvalue weighted by atomic mass is 16.5. The number of nitrogens with zero attached hydrogens (tertiary/aromatic N) is 2. The van der Waals surface area contributed by atoms with Gasteiger partial charge < -0.3 is 4.74 Å². The quantitative estimate of drug-likeness (QED) is 0.537. The van der Waals surface area contributed by atoms with E-state index in [2.05, 4.69) is 14.9 Å². The number of nitroso groups, excluding NO2 is 1. The maximum Gasteiger partial charge on any atom is 0.340 e. The molecule has 1 aromatic heterocycles. The second kappa shape index (κ2) is 5.06. The maximum atomic E-state index is 11.2. The molecule has 0 N–H and O–H groups in total. The van der Waals surface area contributed by atoms with Crippen LogP contribution in [0.15, 0.2) is 29.6 Å². The van der Waals surface area contributed by atoms with Gasteiger partial charge in [0.25, 0.3) is 0 Å². The summed E-state index contributed by atoms with van der Waals surface area (Å²) in [5.41, 5.74) is 0.306. The van der Waals surface area contributed by atoms with E-state index in [1.165, 1.54) is 6.20 Å². The number of carbonyl (C=O) groups is 1. The first-order valence-electron chi connectivity index (χ1n) is 4.19. The molecule has 5 heteroatoms. The lowest BCUT2D eigenvalue weighted by molar-refractivity contribution is -0.144. The molecule has 0 spiro atoms. The van der Waals surface area contributed by atoms with Crippen LogP contribution in [0.2, 0.25) is 0 Å². The molecule has 5 nitrogen and oxygen atoms in total. The molecule has 0 bridgehead atoms. The lowest BCUT2D eigenvalue weighted by Gasteiger charge is -2.06. The van der Waals surface area contributed by atoms with E-state index in [9.17, 15) is 9.70 Å². The van der Waals surface area contributed by atoms with Crippen molar-refractivity contribution in [2.45, 2.75) is 13.0 Å². The molecule has 1 atom stereocenters. The van der Waals surface area contributed by atoms with E-state index in [0.717, 1.165) is 0 Å². The van der Waals surface area contributed by atoms with Gasteiger partial charge in [-0.3, -0.25) is 4.98 Å².